The molecule has 0 radical (unpaired) electrons. The van der Waals surface area contributed by atoms with Crippen LogP contribution in [0.2, 0.25) is 0 Å². The number of hydrogen-bond acceptors (Lipinski definition) is 4. The highest BCUT2D eigenvalue weighted by atomic mass is 32.2. The van der Waals surface area contributed by atoms with Crippen LogP contribution in [-0.4, -0.2) is 50.4 Å². The zero-order chi connectivity index (χ0) is 14.0. The average Bonchev–Trinajstić information content (AvgIpc) is 2.27. The summed E-state index contributed by atoms with van der Waals surface area (Å²) in [7, 11) is -1.94. The predicted octanol–water partition coefficient (Wildman–Crippen LogP) is 0.935. The van der Waals surface area contributed by atoms with Crippen molar-refractivity contribution in [3.8, 4) is 0 Å². The summed E-state index contributed by atoms with van der Waals surface area (Å²) in [5.74, 6) is 0. The van der Waals surface area contributed by atoms with Gasteiger partial charge in [-0.25, -0.2) is 17.9 Å². The first kappa shape index (κ1) is 15.2. The van der Waals surface area contributed by atoms with Crippen LogP contribution in [0.5, 0.6) is 0 Å². The van der Waals surface area contributed by atoms with Crippen LogP contribution in [0, 0.1) is 0 Å². The van der Waals surface area contributed by atoms with Gasteiger partial charge in [0.05, 0.1) is 5.25 Å². The molecule has 1 amide bonds. The van der Waals surface area contributed by atoms with Gasteiger partial charge in [-0.15, -0.1) is 0 Å². The Morgan fingerprint density at radius 2 is 2.00 bits per heavy atom. The summed E-state index contributed by atoms with van der Waals surface area (Å²) < 4.78 is 31.0. The van der Waals surface area contributed by atoms with Gasteiger partial charge in [-0.05, 0) is 40.7 Å². The summed E-state index contributed by atoms with van der Waals surface area (Å²) in [5, 5.41) is -0.552. The maximum absolute atomic E-state index is 11.9. The molecule has 7 heteroatoms. The Bertz CT molecular complexity index is 400. The molecule has 0 bridgehead atoms. The van der Waals surface area contributed by atoms with E-state index in [1.54, 1.807) is 20.8 Å². The SMILES string of the molecule is CNS(=O)(=O)[C@@H]1CCCN(C(=O)OC(C)(C)C)C1. The number of carbonyl (C=O) groups excluding carboxylic acids is 1. The summed E-state index contributed by atoms with van der Waals surface area (Å²) in [5.41, 5.74) is -0.564. The molecule has 1 aliphatic rings. The van der Waals surface area contributed by atoms with E-state index in [1.807, 2.05) is 0 Å². The van der Waals surface area contributed by atoms with Gasteiger partial charge in [0.15, 0.2) is 0 Å². The Labute approximate surface area is 109 Å². The topological polar surface area (TPSA) is 75.7 Å². The lowest BCUT2D eigenvalue weighted by atomic mass is 10.1. The van der Waals surface area contributed by atoms with Gasteiger partial charge in [-0.3, -0.25) is 0 Å². The normalized spacial score (nSPS) is 21.8. The van der Waals surface area contributed by atoms with E-state index in [0.29, 0.717) is 19.4 Å². The minimum atomic E-state index is -3.33. The van der Waals surface area contributed by atoms with Crippen molar-refractivity contribution in [1.82, 2.24) is 9.62 Å². The summed E-state index contributed by atoms with van der Waals surface area (Å²) in [6.07, 6.45) is 0.798. The summed E-state index contributed by atoms with van der Waals surface area (Å²) >= 11 is 0. The summed E-state index contributed by atoms with van der Waals surface area (Å²) in [6.45, 7) is 6.10. The fraction of sp³-hybridized carbons (Fsp3) is 0.909. The lowest BCUT2D eigenvalue weighted by Gasteiger charge is -2.33. The lowest BCUT2D eigenvalue weighted by molar-refractivity contribution is 0.0219. The zero-order valence-electron chi connectivity index (χ0n) is 11.4. The van der Waals surface area contributed by atoms with E-state index in [0.717, 1.165) is 0 Å². The molecular formula is C11H22N2O4S. The Balaban J connectivity index is 2.67. The molecule has 1 saturated heterocycles. The van der Waals surface area contributed by atoms with Crippen molar-refractivity contribution >= 4 is 16.1 Å². The minimum absolute atomic E-state index is 0.193. The molecule has 0 saturated carbocycles. The van der Waals surface area contributed by atoms with E-state index in [2.05, 4.69) is 4.72 Å². The Hall–Kier alpha value is -0.820. The number of hydrogen-bond donors (Lipinski definition) is 1. The van der Waals surface area contributed by atoms with E-state index in [-0.39, 0.29) is 6.54 Å². The van der Waals surface area contributed by atoms with Crippen LogP contribution in [0.25, 0.3) is 0 Å². The highest BCUT2D eigenvalue weighted by molar-refractivity contribution is 7.90. The Morgan fingerprint density at radius 3 is 2.50 bits per heavy atom. The number of piperidine rings is 1. The van der Waals surface area contributed by atoms with E-state index >= 15 is 0 Å². The van der Waals surface area contributed by atoms with Crippen LogP contribution in [-0.2, 0) is 14.8 Å². The van der Waals surface area contributed by atoms with E-state index in [4.69, 9.17) is 4.74 Å². The number of nitrogens with zero attached hydrogens (tertiary/aromatic N) is 1. The van der Waals surface area contributed by atoms with Gasteiger partial charge in [-0.1, -0.05) is 0 Å². The quantitative estimate of drug-likeness (QED) is 0.815. The number of rotatable bonds is 2. The molecular weight excluding hydrogens is 256 g/mol. The van der Waals surface area contributed by atoms with E-state index < -0.39 is 27.0 Å². The smallest absolute Gasteiger partial charge is 0.410 e. The van der Waals surface area contributed by atoms with Crippen molar-refractivity contribution in [1.29, 1.82) is 0 Å². The first-order valence-electron chi connectivity index (χ1n) is 6.06. The molecule has 0 aliphatic carbocycles. The second-order valence-electron chi connectivity index (χ2n) is 5.44. The fourth-order valence-corrected chi connectivity index (χ4v) is 3.04. The average molecular weight is 278 g/mol. The van der Waals surface area contributed by atoms with Gasteiger partial charge >= 0.3 is 6.09 Å². The minimum Gasteiger partial charge on any atom is -0.444 e. The molecule has 1 N–H and O–H groups in total. The second-order valence-corrected chi connectivity index (χ2v) is 7.60. The Kier molecular flexibility index (Phi) is 4.61. The van der Waals surface area contributed by atoms with Gasteiger partial charge in [-0.2, -0.15) is 0 Å². The molecule has 1 atom stereocenters. The number of amides is 1. The van der Waals surface area contributed by atoms with Gasteiger partial charge < -0.3 is 9.64 Å². The molecule has 0 aromatic heterocycles. The molecule has 6 nitrogen and oxygen atoms in total. The van der Waals surface area contributed by atoms with E-state index in [1.165, 1.54) is 11.9 Å². The highest BCUT2D eigenvalue weighted by Crippen LogP contribution is 2.19. The van der Waals surface area contributed by atoms with Gasteiger partial charge in [0.25, 0.3) is 0 Å². The number of nitrogens with one attached hydrogen (secondary N) is 1. The first-order chi connectivity index (χ1) is 8.15. The number of sulfonamides is 1. The van der Waals surface area contributed by atoms with E-state index in [9.17, 15) is 13.2 Å². The molecule has 1 heterocycles. The molecule has 106 valence electrons. The van der Waals surface area contributed by atoms with Crippen LogP contribution >= 0.6 is 0 Å². The van der Waals surface area contributed by atoms with Crippen LogP contribution < -0.4 is 4.72 Å². The molecule has 18 heavy (non-hydrogen) atoms. The van der Waals surface area contributed by atoms with Crippen molar-refractivity contribution in [2.45, 2.75) is 44.5 Å². The molecule has 0 aromatic rings. The highest BCUT2D eigenvalue weighted by Gasteiger charge is 2.33. The largest absolute Gasteiger partial charge is 0.444 e. The maximum Gasteiger partial charge on any atom is 0.410 e. The van der Waals surface area contributed by atoms with Gasteiger partial charge in [0.1, 0.15) is 5.60 Å². The van der Waals surface area contributed by atoms with Crippen LogP contribution in [0.4, 0.5) is 4.79 Å². The lowest BCUT2D eigenvalue weighted by Crippen LogP contribution is -2.49. The number of likely N-dealkylation sites (tertiary alicyclic amines) is 1. The Morgan fingerprint density at radius 1 is 1.39 bits per heavy atom. The summed E-state index contributed by atoms with van der Waals surface area (Å²) in [6, 6.07) is 0. The molecule has 0 aromatic carbocycles. The molecule has 1 rings (SSSR count). The first-order valence-corrected chi connectivity index (χ1v) is 7.60. The van der Waals surface area contributed by atoms with Crippen LogP contribution in [0.1, 0.15) is 33.6 Å². The van der Waals surface area contributed by atoms with Gasteiger partial charge in [0, 0.05) is 13.1 Å². The molecule has 0 spiro atoms. The van der Waals surface area contributed by atoms with Crippen molar-refractivity contribution in [3.05, 3.63) is 0 Å². The predicted molar refractivity (Wildman–Crippen MR) is 68.8 cm³/mol. The third-order valence-electron chi connectivity index (χ3n) is 2.75. The van der Waals surface area contributed by atoms with Crippen LogP contribution in [0.3, 0.4) is 0 Å². The third-order valence-corrected chi connectivity index (χ3v) is 4.58. The number of carbonyl (C=O) groups is 1. The van der Waals surface area contributed by atoms with Crippen molar-refractivity contribution in [3.63, 3.8) is 0 Å². The third kappa shape index (κ3) is 4.13. The second kappa shape index (κ2) is 5.44. The fourth-order valence-electron chi connectivity index (χ4n) is 1.85. The molecule has 0 unspecified atom stereocenters. The zero-order valence-corrected chi connectivity index (χ0v) is 12.2. The van der Waals surface area contributed by atoms with Crippen molar-refractivity contribution in [2.24, 2.45) is 0 Å². The van der Waals surface area contributed by atoms with Crippen molar-refractivity contribution in [2.75, 3.05) is 20.1 Å². The van der Waals surface area contributed by atoms with Crippen molar-refractivity contribution < 1.29 is 17.9 Å². The van der Waals surface area contributed by atoms with Crippen LogP contribution in [0.15, 0.2) is 0 Å². The summed E-state index contributed by atoms with van der Waals surface area (Å²) in [4.78, 5) is 13.3. The number of ether oxygens (including phenoxy) is 1. The maximum atomic E-state index is 11.9. The standard InChI is InChI=1S/C11H22N2O4S/c1-11(2,3)17-10(14)13-7-5-6-9(8-13)18(15,16)12-4/h9,12H,5-8H2,1-4H3/t9-/m1/s1. The molecule has 1 fully saturated rings. The molecule has 1 aliphatic heterocycles. The monoisotopic (exact) mass is 278 g/mol. The van der Waals surface area contributed by atoms with Gasteiger partial charge in [0.2, 0.25) is 10.0 Å².